The molecule has 2 rings (SSSR count). The Morgan fingerprint density at radius 1 is 1.08 bits per heavy atom. The second-order valence-corrected chi connectivity index (χ2v) is 7.88. The molecule has 0 aromatic heterocycles. The molecule has 0 amide bonds. The number of rotatable bonds is 6. The Bertz CT molecular complexity index is 754. The summed E-state index contributed by atoms with van der Waals surface area (Å²) < 4.78 is 9.72. The zero-order chi connectivity index (χ0) is 17.7. The number of alkyl halides is 1. The molecular formula is C18H19IO5. The summed E-state index contributed by atoms with van der Waals surface area (Å²) in [4.78, 5) is 24.0. The number of esters is 2. The molecule has 1 atom stereocenters. The fraction of sp³-hybridized carbons (Fsp3) is 0.333. The fourth-order valence-corrected chi connectivity index (χ4v) is 2.26. The molecule has 0 aliphatic carbocycles. The maximum absolute atomic E-state index is 12.2. The van der Waals surface area contributed by atoms with Gasteiger partial charge in [0.2, 0.25) is 0 Å². The van der Waals surface area contributed by atoms with E-state index < -0.39 is 9.39 Å². The van der Waals surface area contributed by atoms with Crippen molar-refractivity contribution in [2.24, 2.45) is 0 Å². The fourth-order valence-electron chi connectivity index (χ4n) is 2.10. The second kappa shape index (κ2) is 7.83. The highest BCUT2D eigenvalue weighted by atomic mass is 127. The first-order chi connectivity index (χ1) is 11.4. The summed E-state index contributed by atoms with van der Waals surface area (Å²) >= 11 is 2.05. The van der Waals surface area contributed by atoms with Gasteiger partial charge in [-0.3, -0.25) is 4.79 Å². The quantitative estimate of drug-likeness (QED) is 0.319. The monoisotopic (exact) mass is 442 g/mol. The minimum absolute atomic E-state index is 0.0131. The van der Waals surface area contributed by atoms with Crippen molar-refractivity contribution >= 4 is 45.3 Å². The molecule has 2 aromatic carbocycles. The van der Waals surface area contributed by atoms with Gasteiger partial charge in [0.1, 0.15) is 22.4 Å². The van der Waals surface area contributed by atoms with Crippen molar-refractivity contribution in [1.29, 1.82) is 0 Å². The molecule has 5 nitrogen and oxygen atoms in total. The lowest BCUT2D eigenvalue weighted by atomic mass is 10.0. The molecule has 0 radical (unpaired) electrons. The van der Waals surface area contributed by atoms with E-state index in [1.54, 1.807) is 31.2 Å². The first-order valence-corrected chi connectivity index (χ1v) is 8.68. The van der Waals surface area contributed by atoms with Crippen molar-refractivity contribution in [3.63, 3.8) is 0 Å². The van der Waals surface area contributed by atoms with Crippen LogP contribution in [0.2, 0.25) is 0 Å². The van der Waals surface area contributed by atoms with Gasteiger partial charge < -0.3 is 14.6 Å². The third kappa shape index (κ3) is 4.17. The Morgan fingerprint density at radius 3 is 2.38 bits per heavy atom. The zero-order valence-corrected chi connectivity index (χ0v) is 15.7. The first-order valence-electron chi connectivity index (χ1n) is 7.61. The van der Waals surface area contributed by atoms with E-state index in [1.807, 2.05) is 29.5 Å². The van der Waals surface area contributed by atoms with E-state index in [0.29, 0.717) is 22.8 Å². The van der Waals surface area contributed by atoms with Gasteiger partial charge in [0.15, 0.2) is 0 Å². The number of halogens is 1. The van der Waals surface area contributed by atoms with Gasteiger partial charge in [-0.1, -0.05) is 53.8 Å². The molecule has 24 heavy (non-hydrogen) atoms. The molecule has 0 saturated heterocycles. The molecule has 6 heteroatoms. The number of benzene rings is 2. The van der Waals surface area contributed by atoms with Gasteiger partial charge in [-0.05, 0) is 30.9 Å². The highest BCUT2D eigenvalue weighted by Crippen LogP contribution is 2.28. The van der Waals surface area contributed by atoms with Gasteiger partial charge in [0, 0.05) is 5.39 Å². The molecule has 0 saturated carbocycles. The van der Waals surface area contributed by atoms with Crippen LogP contribution in [0.1, 0.15) is 30.6 Å². The molecule has 0 spiro atoms. The van der Waals surface area contributed by atoms with Gasteiger partial charge in [-0.25, -0.2) is 4.79 Å². The SMILES string of the molecule is CCC(C)(I)C(=O)OCCOC(=O)c1ccc(O)c2ccccc12. The summed E-state index contributed by atoms with van der Waals surface area (Å²) in [5.41, 5.74) is 0.363. The molecule has 0 bridgehead atoms. The van der Waals surface area contributed by atoms with Crippen LogP contribution in [0.3, 0.4) is 0 Å². The van der Waals surface area contributed by atoms with Crippen LogP contribution in [0.4, 0.5) is 0 Å². The van der Waals surface area contributed by atoms with Crippen LogP contribution in [0, 0.1) is 0 Å². The minimum Gasteiger partial charge on any atom is -0.507 e. The number of ether oxygens (including phenoxy) is 2. The van der Waals surface area contributed by atoms with Crippen LogP contribution >= 0.6 is 22.6 Å². The Morgan fingerprint density at radius 2 is 1.71 bits per heavy atom. The van der Waals surface area contributed by atoms with E-state index in [-0.39, 0.29) is 24.9 Å². The summed E-state index contributed by atoms with van der Waals surface area (Å²) in [5, 5.41) is 11.0. The molecule has 0 heterocycles. The van der Waals surface area contributed by atoms with Crippen molar-refractivity contribution in [3.8, 4) is 5.75 Å². The number of phenols is 1. The van der Waals surface area contributed by atoms with E-state index in [9.17, 15) is 14.7 Å². The smallest absolute Gasteiger partial charge is 0.338 e. The lowest BCUT2D eigenvalue weighted by molar-refractivity contribution is -0.146. The molecule has 0 aliphatic heterocycles. The average molecular weight is 442 g/mol. The molecular weight excluding hydrogens is 423 g/mol. The molecule has 0 fully saturated rings. The van der Waals surface area contributed by atoms with E-state index in [2.05, 4.69) is 0 Å². The third-order valence-electron chi connectivity index (χ3n) is 3.76. The molecule has 2 aromatic rings. The Hall–Kier alpha value is -1.83. The molecule has 1 unspecified atom stereocenters. The summed E-state index contributed by atoms with van der Waals surface area (Å²) in [6.45, 7) is 3.70. The van der Waals surface area contributed by atoms with Gasteiger partial charge in [0.25, 0.3) is 0 Å². The van der Waals surface area contributed by atoms with Crippen LogP contribution < -0.4 is 0 Å². The standard InChI is InChI=1S/C18H19IO5/c1-3-18(2,19)17(22)24-11-10-23-16(21)14-8-9-15(20)13-7-5-4-6-12(13)14/h4-9,20H,3,10-11H2,1-2H3. The highest BCUT2D eigenvalue weighted by molar-refractivity contribution is 14.1. The van der Waals surface area contributed by atoms with E-state index >= 15 is 0 Å². The highest BCUT2D eigenvalue weighted by Gasteiger charge is 2.29. The molecule has 128 valence electrons. The first kappa shape index (κ1) is 18.5. The van der Waals surface area contributed by atoms with E-state index in [1.165, 1.54) is 12.1 Å². The summed E-state index contributed by atoms with van der Waals surface area (Å²) in [6, 6.07) is 10.0. The van der Waals surface area contributed by atoms with Gasteiger partial charge >= 0.3 is 11.9 Å². The van der Waals surface area contributed by atoms with E-state index in [4.69, 9.17) is 9.47 Å². The van der Waals surface area contributed by atoms with Crippen molar-refractivity contribution in [2.75, 3.05) is 13.2 Å². The molecule has 1 N–H and O–H groups in total. The maximum atomic E-state index is 12.2. The number of aromatic hydroxyl groups is 1. The van der Waals surface area contributed by atoms with Gasteiger partial charge in [-0.2, -0.15) is 0 Å². The van der Waals surface area contributed by atoms with Crippen molar-refractivity contribution in [3.05, 3.63) is 42.0 Å². The van der Waals surface area contributed by atoms with Crippen LogP contribution in [-0.4, -0.2) is 33.7 Å². The van der Waals surface area contributed by atoms with Crippen LogP contribution in [0.25, 0.3) is 10.8 Å². The van der Waals surface area contributed by atoms with Crippen molar-refractivity contribution < 1.29 is 24.2 Å². The third-order valence-corrected chi connectivity index (χ3v) is 4.96. The lowest BCUT2D eigenvalue weighted by Gasteiger charge is -2.18. The average Bonchev–Trinajstić information content (AvgIpc) is 2.58. The van der Waals surface area contributed by atoms with Gasteiger partial charge in [-0.15, -0.1) is 0 Å². The van der Waals surface area contributed by atoms with Crippen molar-refractivity contribution in [2.45, 2.75) is 23.7 Å². The van der Waals surface area contributed by atoms with Crippen LogP contribution in [0.15, 0.2) is 36.4 Å². The summed E-state index contributed by atoms with van der Waals surface area (Å²) in [6.07, 6.45) is 0.658. The largest absolute Gasteiger partial charge is 0.507 e. The number of hydrogen-bond donors (Lipinski definition) is 1. The van der Waals surface area contributed by atoms with E-state index in [0.717, 1.165) is 0 Å². The van der Waals surface area contributed by atoms with Gasteiger partial charge in [0.05, 0.1) is 5.56 Å². The summed E-state index contributed by atoms with van der Waals surface area (Å²) in [5.74, 6) is -0.733. The Balaban J connectivity index is 1.97. The predicted octanol–water partition coefficient (Wildman–Crippen LogP) is 3.85. The number of hydrogen-bond acceptors (Lipinski definition) is 5. The number of carbonyl (C=O) groups is 2. The predicted molar refractivity (Wildman–Crippen MR) is 99.6 cm³/mol. The normalized spacial score (nSPS) is 13.3. The Labute approximate surface area is 154 Å². The molecule has 0 aliphatic rings. The number of phenolic OH excluding ortho intramolecular Hbond substituents is 1. The lowest BCUT2D eigenvalue weighted by Crippen LogP contribution is -2.30. The zero-order valence-electron chi connectivity index (χ0n) is 13.5. The number of carbonyl (C=O) groups excluding carboxylic acids is 2. The van der Waals surface area contributed by atoms with Crippen LogP contribution in [0.5, 0.6) is 5.75 Å². The summed E-state index contributed by atoms with van der Waals surface area (Å²) in [7, 11) is 0. The Kier molecular flexibility index (Phi) is 6.04. The second-order valence-electron chi connectivity index (χ2n) is 5.50. The topological polar surface area (TPSA) is 72.8 Å². The maximum Gasteiger partial charge on any atom is 0.338 e. The van der Waals surface area contributed by atoms with Crippen molar-refractivity contribution in [1.82, 2.24) is 0 Å². The minimum atomic E-state index is -0.574. The number of fused-ring (bicyclic) bond motifs is 1. The van der Waals surface area contributed by atoms with Crippen LogP contribution in [-0.2, 0) is 14.3 Å².